The van der Waals surface area contributed by atoms with Crippen LogP contribution >= 0.6 is 12.2 Å². The van der Waals surface area contributed by atoms with E-state index in [0.29, 0.717) is 11.3 Å². The summed E-state index contributed by atoms with van der Waals surface area (Å²) in [6, 6.07) is 23.8. The number of fused-ring (bicyclic) bond motifs is 2. The fourth-order valence-electron chi connectivity index (χ4n) is 4.15. The molecule has 1 aliphatic heterocycles. The Hall–Kier alpha value is -4.19. The van der Waals surface area contributed by atoms with Crippen LogP contribution in [0.2, 0.25) is 0 Å². The highest BCUT2D eigenvalue weighted by Crippen LogP contribution is 2.32. The monoisotopic (exact) mass is 533 g/mol. The lowest BCUT2D eigenvalue weighted by Crippen LogP contribution is -2.32. The minimum absolute atomic E-state index is 0.0285. The first-order chi connectivity index (χ1) is 17.7. The number of sulfonamides is 1. The lowest BCUT2D eigenvalue weighted by molar-refractivity contribution is -0.112. The third kappa shape index (κ3) is 5.05. The number of amides is 1. The van der Waals surface area contributed by atoms with E-state index in [9.17, 15) is 17.6 Å². The summed E-state index contributed by atoms with van der Waals surface area (Å²) < 4.78 is 37.8. The predicted molar refractivity (Wildman–Crippen MR) is 145 cm³/mol. The van der Waals surface area contributed by atoms with Crippen LogP contribution in [-0.2, 0) is 21.4 Å². The van der Waals surface area contributed by atoms with Crippen LogP contribution < -0.4 is 20.8 Å². The van der Waals surface area contributed by atoms with E-state index in [1.807, 2.05) is 42.5 Å². The van der Waals surface area contributed by atoms with Gasteiger partial charge < -0.3 is 10.2 Å². The van der Waals surface area contributed by atoms with Crippen molar-refractivity contribution in [3.8, 4) is 0 Å². The van der Waals surface area contributed by atoms with Gasteiger partial charge in [0.15, 0.2) is 10.8 Å². The van der Waals surface area contributed by atoms with E-state index in [1.165, 1.54) is 41.3 Å². The Morgan fingerprint density at radius 1 is 0.973 bits per heavy atom. The normalized spacial score (nSPS) is 14.2. The number of benzene rings is 4. The van der Waals surface area contributed by atoms with Crippen molar-refractivity contribution in [3.05, 3.63) is 102 Å². The SMILES string of the molecule is NS(=O)(=O)c1ccccc1NC(=S)NN=C1C(=O)N(Cc2ccc3ccccc3c2)c2ccc(F)cc21. The average molecular weight is 534 g/mol. The Labute approximate surface area is 217 Å². The highest BCUT2D eigenvalue weighted by Gasteiger charge is 2.34. The molecule has 8 nitrogen and oxygen atoms in total. The molecule has 1 amide bonds. The maximum atomic E-state index is 14.1. The third-order valence-electron chi connectivity index (χ3n) is 5.82. The van der Waals surface area contributed by atoms with Gasteiger partial charge in [0.1, 0.15) is 10.7 Å². The number of para-hydroxylation sites is 1. The van der Waals surface area contributed by atoms with Gasteiger partial charge in [-0.2, -0.15) is 5.10 Å². The molecule has 0 saturated carbocycles. The topological polar surface area (TPSA) is 117 Å². The molecule has 0 bridgehead atoms. The third-order valence-corrected chi connectivity index (χ3v) is 6.98. The van der Waals surface area contributed by atoms with Gasteiger partial charge in [-0.1, -0.05) is 48.5 Å². The van der Waals surface area contributed by atoms with Crippen molar-refractivity contribution in [2.75, 3.05) is 10.2 Å². The first-order valence-corrected chi connectivity index (χ1v) is 13.0. The molecule has 1 aliphatic rings. The van der Waals surface area contributed by atoms with Gasteiger partial charge in [0, 0.05) is 5.56 Å². The molecule has 11 heteroatoms. The van der Waals surface area contributed by atoms with Crippen molar-refractivity contribution in [1.82, 2.24) is 5.43 Å². The number of hydrogen-bond donors (Lipinski definition) is 3. The summed E-state index contributed by atoms with van der Waals surface area (Å²) in [4.78, 5) is 14.7. The van der Waals surface area contributed by atoms with E-state index >= 15 is 0 Å². The minimum Gasteiger partial charge on any atom is -0.330 e. The maximum absolute atomic E-state index is 14.1. The van der Waals surface area contributed by atoms with Gasteiger partial charge in [-0.3, -0.25) is 10.2 Å². The molecule has 4 aromatic rings. The molecule has 0 aliphatic carbocycles. The Morgan fingerprint density at radius 3 is 2.49 bits per heavy atom. The summed E-state index contributed by atoms with van der Waals surface area (Å²) in [5.41, 5.74) is 4.39. The maximum Gasteiger partial charge on any atom is 0.279 e. The Morgan fingerprint density at radius 2 is 1.70 bits per heavy atom. The number of hydrogen-bond acceptors (Lipinski definition) is 5. The zero-order valence-electron chi connectivity index (χ0n) is 19.2. The number of rotatable bonds is 5. The second-order valence-corrected chi connectivity index (χ2v) is 10.2. The second-order valence-electron chi connectivity index (χ2n) is 8.30. The van der Waals surface area contributed by atoms with E-state index in [4.69, 9.17) is 17.4 Å². The Balaban J connectivity index is 1.41. The van der Waals surface area contributed by atoms with E-state index < -0.39 is 21.7 Å². The number of nitrogens with zero attached hydrogens (tertiary/aromatic N) is 2. The number of hydrazone groups is 1. The van der Waals surface area contributed by atoms with Crippen LogP contribution in [0, 0.1) is 5.82 Å². The molecule has 0 aromatic heterocycles. The molecule has 37 heavy (non-hydrogen) atoms. The molecule has 5 rings (SSSR count). The molecular weight excluding hydrogens is 513 g/mol. The van der Waals surface area contributed by atoms with Crippen LogP contribution in [0.15, 0.2) is 94.9 Å². The van der Waals surface area contributed by atoms with Crippen molar-refractivity contribution in [2.24, 2.45) is 10.2 Å². The quantitative estimate of drug-likeness (QED) is 0.265. The van der Waals surface area contributed by atoms with Gasteiger partial charge in [0.2, 0.25) is 10.0 Å². The van der Waals surface area contributed by atoms with Gasteiger partial charge in [-0.25, -0.2) is 17.9 Å². The van der Waals surface area contributed by atoms with Gasteiger partial charge in [0.05, 0.1) is 17.9 Å². The average Bonchev–Trinajstić information content (AvgIpc) is 3.12. The highest BCUT2D eigenvalue weighted by molar-refractivity contribution is 7.89. The molecule has 0 saturated heterocycles. The molecular formula is C26H20FN5O3S2. The lowest BCUT2D eigenvalue weighted by atomic mass is 10.1. The van der Waals surface area contributed by atoms with Gasteiger partial charge >= 0.3 is 0 Å². The molecule has 4 aromatic carbocycles. The number of halogens is 1. The molecule has 1 heterocycles. The summed E-state index contributed by atoms with van der Waals surface area (Å²) >= 11 is 5.23. The van der Waals surface area contributed by atoms with Crippen molar-refractivity contribution >= 4 is 61.1 Å². The lowest BCUT2D eigenvalue weighted by Gasteiger charge is -2.17. The number of anilines is 2. The zero-order valence-corrected chi connectivity index (χ0v) is 20.8. The Bertz CT molecular complexity index is 1710. The first-order valence-electron chi connectivity index (χ1n) is 11.1. The fourth-order valence-corrected chi connectivity index (χ4v) is 4.99. The largest absolute Gasteiger partial charge is 0.330 e. The summed E-state index contributed by atoms with van der Waals surface area (Å²) in [6.07, 6.45) is 0. The summed E-state index contributed by atoms with van der Waals surface area (Å²) in [6.45, 7) is 0.256. The van der Waals surface area contributed by atoms with Gasteiger partial charge in [0.25, 0.3) is 5.91 Å². The van der Waals surface area contributed by atoms with Crippen molar-refractivity contribution in [1.29, 1.82) is 0 Å². The zero-order chi connectivity index (χ0) is 26.2. The molecule has 0 fully saturated rings. The van der Waals surface area contributed by atoms with Gasteiger partial charge in [-0.15, -0.1) is 0 Å². The fraction of sp³-hybridized carbons (Fsp3) is 0.0385. The highest BCUT2D eigenvalue weighted by atomic mass is 32.2. The Kier molecular flexibility index (Phi) is 6.42. The number of nitrogens with one attached hydrogen (secondary N) is 2. The molecule has 0 unspecified atom stereocenters. The molecule has 186 valence electrons. The van der Waals surface area contributed by atoms with E-state index in [1.54, 1.807) is 6.07 Å². The minimum atomic E-state index is -4.00. The van der Waals surface area contributed by atoms with Crippen molar-refractivity contribution < 1.29 is 17.6 Å². The van der Waals surface area contributed by atoms with Crippen molar-refractivity contribution in [2.45, 2.75) is 11.4 Å². The summed E-state index contributed by atoms with van der Waals surface area (Å²) in [5, 5.41) is 14.2. The van der Waals surface area contributed by atoms with Crippen LogP contribution in [0.1, 0.15) is 11.1 Å². The van der Waals surface area contributed by atoms with E-state index in [0.717, 1.165) is 16.3 Å². The number of carbonyl (C=O) groups excluding carboxylic acids is 1. The number of thiocarbonyl (C=S) groups is 1. The summed E-state index contributed by atoms with van der Waals surface area (Å²) in [7, 11) is -4.00. The van der Waals surface area contributed by atoms with Crippen LogP contribution in [0.4, 0.5) is 15.8 Å². The van der Waals surface area contributed by atoms with Gasteiger partial charge in [-0.05, 0) is 65.0 Å². The number of nitrogens with two attached hydrogens (primary N) is 1. The van der Waals surface area contributed by atoms with Crippen molar-refractivity contribution in [3.63, 3.8) is 0 Å². The van der Waals surface area contributed by atoms with Crippen LogP contribution in [-0.4, -0.2) is 25.1 Å². The molecule has 0 radical (unpaired) electrons. The second kappa shape index (κ2) is 9.69. The smallest absolute Gasteiger partial charge is 0.279 e. The first kappa shape index (κ1) is 24.5. The van der Waals surface area contributed by atoms with E-state index in [2.05, 4.69) is 15.8 Å². The molecule has 4 N–H and O–H groups in total. The standard InChI is InChI=1S/C26H20FN5O3S2/c27-19-11-12-22-20(14-19)24(30-31-26(36)29-21-7-3-4-8-23(21)37(28,34)35)25(33)32(22)15-16-9-10-17-5-1-2-6-18(17)13-16/h1-14H,15H2,(H2,28,34,35)(H2,29,31,36). The molecule has 0 atom stereocenters. The molecule has 0 spiro atoms. The number of carbonyl (C=O) groups is 1. The van der Waals surface area contributed by atoms with E-state index in [-0.39, 0.29) is 28.0 Å². The van der Waals surface area contributed by atoms with Crippen LogP contribution in [0.3, 0.4) is 0 Å². The summed E-state index contributed by atoms with van der Waals surface area (Å²) in [5.74, 6) is -0.955. The number of primary sulfonamides is 1. The predicted octanol–water partition coefficient (Wildman–Crippen LogP) is 3.86. The van der Waals surface area contributed by atoms with Crippen LogP contribution in [0.25, 0.3) is 10.8 Å². The van der Waals surface area contributed by atoms with Crippen LogP contribution in [0.5, 0.6) is 0 Å².